The molecule has 0 aromatic heterocycles. The largest absolute Gasteiger partial charge is 0.489 e. The van der Waals surface area contributed by atoms with Gasteiger partial charge in [0.2, 0.25) is 0 Å². The summed E-state index contributed by atoms with van der Waals surface area (Å²) in [5.74, 6) is 1.49. The molecule has 4 aromatic carbocycles. The van der Waals surface area contributed by atoms with Crippen LogP contribution in [0.25, 0.3) is 0 Å². The van der Waals surface area contributed by atoms with Gasteiger partial charge in [0.05, 0.1) is 6.21 Å². The first-order chi connectivity index (χ1) is 17.1. The average Bonchev–Trinajstić information content (AvgIpc) is 2.90. The predicted molar refractivity (Wildman–Crippen MR) is 139 cm³/mol. The first-order valence-electron chi connectivity index (χ1n) is 11.3. The summed E-state index contributed by atoms with van der Waals surface area (Å²) in [7, 11) is 0. The quantitative estimate of drug-likeness (QED) is 0.134. The molecule has 0 bridgehead atoms. The van der Waals surface area contributed by atoms with Crippen LogP contribution in [0.15, 0.2) is 102 Å². The van der Waals surface area contributed by atoms with Crippen molar-refractivity contribution in [3.05, 3.63) is 130 Å². The summed E-state index contributed by atoms with van der Waals surface area (Å²) in [6.45, 7) is 4.91. The molecule has 5 heteroatoms. The van der Waals surface area contributed by atoms with Gasteiger partial charge in [0, 0.05) is 11.1 Å². The number of nitrogens with zero attached hydrogens (tertiary/aromatic N) is 1. The lowest BCUT2D eigenvalue weighted by Gasteiger charge is -2.08. The Morgan fingerprint density at radius 1 is 0.686 bits per heavy atom. The second kappa shape index (κ2) is 13.4. The molecule has 0 unspecified atom stereocenters. The number of carbonyl (C=O) groups is 1. The minimum Gasteiger partial charge on any atom is -0.489 e. The fourth-order valence-electron chi connectivity index (χ4n) is 3.23. The van der Waals surface area contributed by atoms with E-state index < -0.39 is 0 Å². The summed E-state index contributed by atoms with van der Waals surface area (Å²) >= 11 is 0. The van der Waals surface area contributed by atoms with E-state index in [4.69, 9.17) is 14.7 Å². The van der Waals surface area contributed by atoms with Gasteiger partial charge in [-0.1, -0.05) is 78.0 Å². The van der Waals surface area contributed by atoms with Crippen LogP contribution >= 0.6 is 0 Å². The summed E-state index contributed by atoms with van der Waals surface area (Å²) < 4.78 is 11.3. The summed E-state index contributed by atoms with van der Waals surface area (Å²) in [5, 5.41) is 11.6. The topological polar surface area (TPSA) is 68.1 Å². The second-order valence-corrected chi connectivity index (χ2v) is 7.95. The molecule has 0 heterocycles. The predicted octanol–water partition coefficient (Wildman–Crippen LogP) is 6.77. The van der Waals surface area contributed by atoms with Crippen LogP contribution in [0.2, 0.25) is 0 Å². The van der Waals surface area contributed by atoms with Crippen molar-refractivity contribution >= 4 is 12.5 Å². The standard InChI is InChI=1S/C15H15NO2.C15H14O2/c1-12-7-8-15(9-14(12)10-16-17)18-11-13-5-3-2-4-6-13;1-12-7-8-15(9-14(12)10-16)17-11-13-5-3-2-4-6-13/h2-10,17H,11H2,1H3;2-10H,11H2,1H3/b16-10+;. The monoisotopic (exact) mass is 467 g/mol. The van der Waals surface area contributed by atoms with Gasteiger partial charge in [-0.25, -0.2) is 0 Å². The fourth-order valence-corrected chi connectivity index (χ4v) is 3.23. The number of aryl methyl sites for hydroxylation is 2. The molecule has 0 atom stereocenters. The van der Waals surface area contributed by atoms with E-state index in [1.54, 1.807) is 6.07 Å². The smallest absolute Gasteiger partial charge is 0.150 e. The lowest BCUT2D eigenvalue weighted by molar-refractivity contribution is 0.112. The number of hydrogen-bond acceptors (Lipinski definition) is 5. The first-order valence-corrected chi connectivity index (χ1v) is 11.3. The maximum Gasteiger partial charge on any atom is 0.150 e. The lowest BCUT2D eigenvalue weighted by atomic mass is 10.1. The van der Waals surface area contributed by atoms with Crippen molar-refractivity contribution in [1.29, 1.82) is 0 Å². The third kappa shape index (κ3) is 8.16. The second-order valence-electron chi connectivity index (χ2n) is 7.95. The van der Waals surface area contributed by atoms with E-state index in [2.05, 4.69) is 5.16 Å². The van der Waals surface area contributed by atoms with Crippen LogP contribution in [0.1, 0.15) is 38.2 Å². The van der Waals surface area contributed by atoms with Gasteiger partial charge in [-0.05, 0) is 60.4 Å². The summed E-state index contributed by atoms with van der Waals surface area (Å²) in [6, 6.07) is 31.2. The molecule has 178 valence electrons. The molecule has 0 aliphatic carbocycles. The molecule has 0 saturated carbocycles. The number of ether oxygens (including phenoxy) is 2. The molecule has 0 spiro atoms. The molecule has 0 fully saturated rings. The van der Waals surface area contributed by atoms with Crippen molar-refractivity contribution in [2.75, 3.05) is 0 Å². The van der Waals surface area contributed by atoms with Crippen molar-refractivity contribution < 1.29 is 19.5 Å². The first kappa shape index (κ1) is 25.2. The zero-order valence-electron chi connectivity index (χ0n) is 19.9. The normalized spacial score (nSPS) is 10.3. The molecule has 0 radical (unpaired) electrons. The SMILES string of the molecule is Cc1ccc(OCc2ccccc2)cc1/C=N/O.Cc1ccc(OCc2ccccc2)cc1C=O. The van der Waals surface area contributed by atoms with Crippen LogP contribution in [-0.4, -0.2) is 17.7 Å². The molecule has 5 nitrogen and oxygen atoms in total. The molecule has 0 aliphatic heterocycles. The molecule has 0 saturated heterocycles. The third-order valence-electron chi connectivity index (χ3n) is 5.32. The minimum atomic E-state index is 0.516. The summed E-state index contributed by atoms with van der Waals surface area (Å²) in [6.07, 6.45) is 2.26. The van der Waals surface area contributed by atoms with Crippen molar-refractivity contribution in [1.82, 2.24) is 0 Å². The maximum absolute atomic E-state index is 10.8. The summed E-state index contributed by atoms with van der Waals surface area (Å²) in [5.41, 5.74) is 5.77. The summed E-state index contributed by atoms with van der Waals surface area (Å²) in [4.78, 5) is 10.8. The number of rotatable bonds is 8. The fraction of sp³-hybridized carbons (Fsp3) is 0.133. The van der Waals surface area contributed by atoms with E-state index in [-0.39, 0.29) is 0 Å². The Morgan fingerprint density at radius 3 is 1.60 bits per heavy atom. The highest BCUT2D eigenvalue weighted by atomic mass is 16.5. The van der Waals surface area contributed by atoms with Crippen molar-refractivity contribution in [2.24, 2.45) is 5.16 Å². The zero-order chi connectivity index (χ0) is 24.9. The molecule has 0 amide bonds. The molecular weight excluding hydrogens is 438 g/mol. The van der Waals surface area contributed by atoms with Crippen molar-refractivity contribution in [3.8, 4) is 11.5 Å². The maximum atomic E-state index is 10.8. The number of aldehydes is 1. The highest BCUT2D eigenvalue weighted by Crippen LogP contribution is 2.18. The Morgan fingerprint density at radius 2 is 1.14 bits per heavy atom. The molecule has 4 aromatic rings. The van der Waals surface area contributed by atoms with Gasteiger partial charge in [0.25, 0.3) is 0 Å². The molecule has 0 aliphatic rings. The van der Waals surface area contributed by atoms with Gasteiger partial charge < -0.3 is 14.7 Å². The van der Waals surface area contributed by atoms with E-state index in [0.717, 1.165) is 45.6 Å². The van der Waals surface area contributed by atoms with Gasteiger partial charge in [0.1, 0.15) is 31.0 Å². The average molecular weight is 468 g/mol. The molecule has 35 heavy (non-hydrogen) atoms. The van der Waals surface area contributed by atoms with Crippen molar-refractivity contribution in [3.63, 3.8) is 0 Å². The van der Waals surface area contributed by atoms with E-state index in [0.29, 0.717) is 18.8 Å². The Balaban J connectivity index is 0.000000196. The van der Waals surface area contributed by atoms with E-state index in [9.17, 15) is 4.79 Å². The van der Waals surface area contributed by atoms with Gasteiger partial charge in [-0.2, -0.15) is 0 Å². The minimum absolute atomic E-state index is 0.516. The van der Waals surface area contributed by atoms with E-state index >= 15 is 0 Å². The highest BCUT2D eigenvalue weighted by Gasteiger charge is 2.01. The van der Waals surface area contributed by atoms with Crippen LogP contribution in [0, 0.1) is 13.8 Å². The van der Waals surface area contributed by atoms with Crippen LogP contribution in [-0.2, 0) is 13.2 Å². The van der Waals surface area contributed by atoms with E-state index in [1.807, 2.05) is 105 Å². The van der Waals surface area contributed by atoms with Gasteiger partial charge in [0.15, 0.2) is 0 Å². The third-order valence-corrected chi connectivity index (χ3v) is 5.32. The molecule has 1 N–H and O–H groups in total. The van der Waals surface area contributed by atoms with Gasteiger partial charge >= 0.3 is 0 Å². The van der Waals surface area contributed by atoms with Gasteiger partial charge in [-0.15, -0.1) is 0 Å². The van der Waals surface area contributed by atoms with Crippen molar-refractivity contribution in [2.45, 2.75) is 27.1 Å². The molecular formula is C30H29NO4. The molecule has 4 rings (SSSR count). The number of oxime groups is 1. The van der Waals surface area contributed by atoms with E-state index in [1.165, 1.54) is 6.21 Å². The van der Waals surface area contributed by atoms with Crippen LogP contribution in [0.3, 0.4) is 0 Å². The van der Waals surface area contributed by atoms with Gasteiger partial charge in [-0.3, -0.25) is 4.79 Å². The zero-order valence-corrected chi connectivity index (χ0v) is 19.9. The van der Waals surface area contributed by atoms with Crippen LogP contribution in [0.4, 0.5) is 0 Å². The van der Waals surface area contributed by atoms with Crippen LogP contribution in [0.5, 0.6) is 11.5 Å². The Bertz CT molecular complexity index is 1240. The lowest BCUT2D eigenvalue weighted by Crippen LogP contribution is -1.96. The Kier molecular flexibility index (Phi) is 9.63. The Hall–Kier alpha value is -4.38. The van der Waals surface area contributed by atoms with Crippen LogP contribution < -0.4 is 9.47 Å². The number of hydrogen-bond donors (Lipinski definition) is 1. The highest BCUT2D eigenvalue weighted by molar-refractivity contribution is 5.81. The Labute approximate surface area is 206 Å². The number of benzene rings is 4. The number of carbonyl (C=O) groups excluding carboxylic acids is 1.